The van der Waals surface area contributed by atoms with Crippen molar-refractivity contribution in [2.75, 3.05) is 25.2 Å². The number of ether oxygens (including phenoxy) is 1. The molecule has 15 heavy (non-hydrogen) atoms. The number of hydrogen-bond acceptors (Lipinski definition) is 3. The summed E-state index contributed by atoms with van der Waals surface area (Å²) >= 11 is 0. The summed E-state index contributed by atoms with van der Waals surface area (Å²) in [7, 11) is 0.744. The van der Waals surface area contributed by atoms with Crippen LogP contribution in [0.4, 0.5) is 5.69 Å². The Morgan fingerprint density at radius 3 is 2.87 bits per heavy atom. The Balaban J connectivity index is 2.64. The van der Waals surface area contributed by atoms with Gasteiger partial charge in [-0.05, 0) is 24.1 Å². The number of methoxy groups -OCH3 is 1. The van der Waals surface area contributed by atoms with Crippen LogP contribution in [-0.2, 0) is 21.3 Å². The summed E-state index contributed by atoms with van der Waals surface area (Å²) in [5.41, 5.74) is 8.62. The summed E-state index contributed by atoms with van der Waals surface area (Å²) in [5.74, 6) is 1.13. The lowest BCUT2D eigenvalue weighted by atomic mass is 10.1. The Labute approximate surface area is 93.1 Å². The predicted octanol–water partition coefficient (Wildman–Crippen LogP) is 1.47. The Morgan fingerprint density at radius 1 is 1.47 bits per heavy atom. The second-order valence-electron chi connectivity index (χ2n) is 3.41. The molecule has 0 saturated heterocycles. The molecule has 0 aliphatic rings. The quantitative estimate of drug-likeness (QED) is 0.775. The van der Waals surface area contributed by atoms with Crippen LogP contribution in [0.15, 0.2) is 18.2 Å². The molecular weight excluding hydrogens is 210 g/mol. The third kappa shape index (κ3) is 3.64. The Hall–Kier alpha value is -0.870. The number of rotatable bonds is 5. The highest BCUT2D eigenvalue weighted by atomic mass is 32.2. The van der Waals surface area contributed by atoms with Crippen molar-refractivity contribution in [1.29, 1.82) is 0 Å². The van der Waals surface area contributed by atoms with Crippen LogP contribution in [0.25, 0.3) is 0 Å². The summed E-state index contributed by atoms with van der Waals surface area (Å²) in [6.45, 7) is 2.49. The molecule has 0 aliphatic heterocycles. The van der Waals surface area contributed by atoms with E-state index in [1.54, 1.807) is 7.11 Å². The number of hydrogen-bond donors (Lipinski definition) is 1. The van der Waals surface area contributed by atoms with Crippen LogP contribution in [0.2, 0.25) is 0 Å². The van der Waals surface area contributed by atoms with Gasteiger partial charge in [0, 0.05) is 35.1 Å². The van der Waals surface area contributed by atoms with Crippen LogP contribution in [0, 0.1) is 6.92 Å². The fourth-order valence-electron chi connectivity index (χ4n) is 1.28. The van der Waals surface area contributed by atoms with Gasteiger partial charge in [-0.15, -0.1) is 0 Å². The summed E-state index contributed by atoms with van der Waals surface area (Å²) in [4.78, 5) is 0. The second-order valence-corrected chi connectivity index (χ2v) is 4.99. The minimum absolute atomic E-state index is 0.536. The van der Waals surface area contributed by atoms with E-state index in [4.69, 9.17) is 10.5 Å². The average Bonchev–Trinajstić information content (AvgIpc) is 2.22. The molecule has 3 nitrogen and oxygen atoms in total. The topological polar surface area (TPSA) is 52.3 Å². The molecule has 1 rings (SSSR count). The number of benzene rings is 1. The highest BCUT2D eigenvalue weighted by Gasteiger charge is 2.05. The Kier molecular flexibility index (Phi) is 4.78. The molecule has 0 aromatic heterocycles. The third-order valence-corrected chi connectivity index (χ3v) is 3.57. The van der Waals surface area contributed by atoms with Gasteiger partial charge >= 0.3 is 0 Å². The Morgan fingerprint density at radius 2 is 2.20 bits per heavy atom. The van der Waals surface area contributed by atoms with Crippen LogP contribution in [0.5, 0.6) is 0 Å². The van der Waals surface area contributed by atoms with Crippen molar-refractivity contribution in [3.8, 4) is 0 Å². The van der Waals surface area contributed by atoms with Gasteiger partial charge in [0.15, 0.2) is 0 Å². The van der Waals surface area contributed by atoms with Crippen molar-refractivity contribution in [3.05, 3.63) is 29.3 Å². The highest BCUT2D eigenvalue weighted by Crippen LogP contribution is 2.16. The molecule has 0 radical (unpaired) electrons. The van der Waals surface area contributed by atoms with Crippen molar-refractivity contribution in [2.24, 2.45) is 0 Å². The lowest BCUT2D eigenvalue weighted by Gasteiger charge is -2.07. The van der Waals surface area contributed by atoms with E-state index in [1.165, 1.54) is 0 Å². The molecule has 0 heterocycles. The molecular formula is C11H17NO2S. The zero-order valence-corrected chi connectivity index (χ0v) is 9.97. The number of nitrogens with two attached hydrogens (primary N) is 1. The first-order valence-electron chi connectivity index (χ1n) is 4.83. The van der Waals surface area contributed by atoms with Crippen molar-refractivity contribution in [3.63, 3.8) is 0 Å². The van der Waals surface area contributed by atoms with E-state index < -0.39 is 10.8 Å². The maximum absolute atomic E-state index is 11.6. The second kappa shape index (κ2) is 5.88. The van der Waals surface area contributed by atoms with Crippen LogP contribution < -0.4 is 5.73 Å². The summed E-state index contributed by atoms with van der Waals surface area (Å²) in [5, 5.41) is 0. The predicted molar refractivity (Wildman–Crippen MR) is 64.2 cm³/mol. The molecule has 1 aromatic rings. The molecule has 1 unspecified atom stereocenters. The van der Waals surface area contributed by atoms with Gasteiger partial charge in [-0.3, -0.25) is 4.21 Å². The summed E-state index contributed by atoms with van der Waals surface area (Å²) < 4.78 is 16.5. The molecule has 0 bridgehead atoms. The first-order valence-corrected chi connectivity index (χ1v) is 6.32. The smallest absolute Gasteiger partial charge is 0.0577 e. The highest BCUT2D eigenvalue weighted by molar-refractivity contribution is 7.84. The van der Waals surface area contributed by atoms with E-state index in [-0.39, 0.29) is 0 Å². The summed E-state index contributed by atoms with van der Waals surface area (Å²) in [6, 6.07) is 5.72. The third-order valence-electron chi connectivity index (χ3n) is 2.32. The van der Waals surface area contributed by atoms with Gasteiger partial charge in [0.25, 0.3) is 0 Å². The van der Waals surface area contributed by atoms with Crippen molar-refractivity contribution in [1.82, 2.24) is 0 Å². The number of anilines is 1. The summed E-state index contributed by atoms with van der Waals surface area (Å²) in [6.07, 6.45) is 0. The molecule has 0 amide bonds. The normalized spacial score (nSPS) is 12.7. The SMILES string of the molecule is COCCS(=O)Cc1cccc(N)c1C. The van der Waals surface area contributed by atoms with E-state index in [0.717, 1.165) is 16.8 Å². The molecule has 1 atom stereocenters. The number of nitrogen functional groups attached to an aromatic ring is 1. The average molecular weight is 227 g/mol. The lowest BCUT2D eigenvalue weighted by Crippen LogP contribution is -2.07. The van der Waals surface area contributed by atoms with Gasteiger partial charge in [0.1, 0.15) is 0 Å². The van der Waals surface area contributed by atoms with Crippen molar-refractivity contribution in [2.45, 2.75) is 12.7 Å². The van der Waals surface area contributed by atoms with Crippen molar-refractivity contribution < 1.29 is 8.95 Å². The molecule has 0 saturated carbocycles. The van der Waals surface area contributed by atoms with Gasteiger partial charge in [0.05, 0.1) is 6.61 Å². The molecule has 0 aliphatic carbocycles. The zero-order chi connectivity index (χ0) is 11.3. The fraction of sp³-hybridized carbons (Fsp3) is 0.455. The molecule has 4 heteroatoms. The Bertz CT molecular complexity index is 352. The lowest BCUT2D eigenvalue weighted by molar-refractivity contribution is 0.218. The molecule has 0 fully saturated rings. The van der Waals surface area contributed by atoms with Gasteiger partial charge in [-0.2, -0.15) is 0 Å². The maximum Gasteiger partial charge on any atom is 0.0577 e. The zero-order valence-electron chi connectivity index (χ0n) is 9.16. The van der Waals surface area contributed by atoms with Gasteiger partial charge < -0.3 is 10.5 Å². The molecule has 84 valence electrons. The molecule has 1 aromatic carbocycles. The standard InChI is InChI=1S/C11H17NO2S/c1-9-10(4-3-5-11(9)12)8-15(13)7-6-14-2/h3-5H,6-8,12H2,1-2H3. The van der Waals surface area contributed by atoms with E-state index >= 15 is 0 Å². The minimum Gasteiger partial charge on any atom is -0.399 e. The molecule has 2 N–H and O–H groups in total. The van der Waals surface area contributed by atoms with E-state index in [9.17, 15) is 4.21 Å². The molecule has 0 spiro atoms. The first kappa shape index (κ1) is 12.2. The van der Waals surface area contributed by atoms with Gasteiger partial charge in [0.2, 0.25) is 0 Å². The minimum atomic E-state index is -0.870. The van der Waals surface area contributed by atoms with Crippen LogP contribution in [0.1, 0.15) is 11.1 Å². The van der Waals surface area contributed by atoms with Crippen molar-refractivity contribution >= 4 is 16.5 Å². The van der Waals surface area contributed by atoms with E-state index in [1.807, 2.05) is 25.1 Å². The van der Waals surface area contributed by atoms with Crippen LogP contribution in [0.3, 0.4) is 0 Å². The first-order chi connectivity index (χ1) is 7.15. The van der Waals surface area contributed by atoms with Crippen LogP contribution in [-0.4, -0.2) is 23.7 Å². The van der Waals surface area contributed by atoms with E-state index in [0.29, 0.717) is 18.1 Å². The maximum atomic E-state index is 11.6. The van der Waals surface area contributed by atoms with Crippen LogP contribution >= 0.6 is 0 Å². The van der Waals surface area contributed by atoms with Gasteiger partial charge in [-0.1, -0.05) is 12.1 Å². The monoisotopic (exact) mass is 227 g/mol. The van der Waals surface area contributed by atoms with Gasteiger partial charge in [-0.25, -0.2) is 0 Å². The van der Waals surface area contributed by atoms with E-state index in [2.05, 4.69) is 0 Å². The largest absolute Gasteiger partial charge is 0.399 e. The fourth-order valence-corrected chi connectivity index (χ4v) is 2.44.